The minimum atomic E-state index is -0.108. The number of hydrogen-bond acceptors (Lipinski definition) is 6. The van der Waals surface area contributed by atoms with Crippen LogP contribution in [0.2, 0.25) is 0 Å². The molecule has 4 rings (SSSR count). The fourth-order valence-electron chi connectivity index (χ4n) is 3.04. The summed E-state index contributed by atoms with van der Waals surface area (Å²) < 4.78 is 2.93. The Morgan fingerprint density at radius 3 is 2.34 bits per heavy atom. The average Bonchev–Trinajstić information content (AvgIpc) is 3.23. The van der Waals surface area contributed by atoms with Gasteiger partial charge in [0.25, 0.3) is 0 Å². The molecular formula is C23H21BrN6OS. The van der Waals surface area contributed by atoms with Gasteiger partial charge in [0, 0.05) is 53.6 Å². The molecule has 4 aromatic rings. The van der Waals surface area contributed by atoms with Crippen LogP contribution in [-0.4, -0.2) is 45.5 Å². The molecule has 0 aliphatic rings. The van der Waals surface area contributed by atoms with Gasteiger partial charge in [-0.2, -0.15) is 0 Å². The lowest BCUT2D eigenvalue weighted by molar-refractivity contribution is -0.113. The third-order valence-electron chi connectivity index (χ3n) is 4.66. The zero-order valence-corrected chi connectivity index (χ0v) is 20.0. The largest absolute Gasteiger partial charge is 0.378 e. The number of rotatable bonds is 7. The lowest BCUT2D eigenvalue weighted by atomic mass is 10.2. The summed E-state index contributed by atoms with van der Waals surface area (Å²) in [5.41, 5.74) is 3.64. The second kappa shape index (κ2) is 9.97. The molecule has 162 valence electrons. The first-order valence-corrected chi connectivity index (χ1v) is 11.6. The van der Waals surface area contributed by atoms with Crippen molar-refractivity contribution in [2.45, 2.75) is 5.16 Å². The summed E-state index contributed by atoms with van der Waals surface area (Å²) in [4.78, 5) is 18.7. The number of anilines is 2. The summed E-state index contributed by atoms with van der Waals surface area (Å²) in [6, 6.07) is 19.4. The summed E-state index contributed by atoms with van der Waals surface area (Å²) in [5.74, 6) is 0.792. The molecule has 0 atom stereocenters. The van der Waals surface area contributed by atoms with Crippen molar-refractivity contribution in [1.82, 2.24) is 19.7 Å². The Labute approximate surface area is 199 Å². The zero-order valence-electron chi connectivity index (χ0n) is 17.6. The summed E-state index contributed by atoms with van der Waals surface area (Å²) >= 11 is 4.81. The van der Waals surface area contributed by atoms with Crippen LogP contribution in [0.25, 0.3) is 17.1 Å². The second-order valence-electron chi connectivity index (χ2n) is 7.13. The van der Waals surface area contributed by atoms with Crippen molar-refractivity contribution >= 4 is 45.0 Å². The van der Waals surface area contributed by atoms with E-state index in [9.17, 15) is 4.79 Å². The van der Waals surface area contributed by atoms with E-state index in [2.05, 4.69) is 36.4 Å². The van der Waals surface area contributed by atoms with Gasteiger partial charge in [0.05, 0.1) is 5.75 Å². The van der Waals surface area contributed by atoms with Gasteiger partial charge >= 0.3 is 0 Å². The van der Waals surface area contributed by atoms with Gasteiger partial charge in [0.1, 0.15) is 0 Å². The molecule has 7 nitrogen and oxygen atoms in total. The first-order chi connectivity index (χ1) is 15.5. The Kier molecular flexibility index (Phi) is 6.87. The first kappa shape index (κ1) is 22.0. The number of hydrogen-bond donors (Lipinski definition) is 1. The lowest BCUT2D eigenvalue weighted by Gasteiger charge is -2.13. The van der Waals surface area contributed by atoms with Crippen molar-refractivity contribution in [3.05, 3.63) is 77.5 Å². The Balaban J connectivity index is 1.53. The molecule has 0 aliphatic carbocycles. The summed E-state index contributed by atoms with van der Waals surface area (Å²) in [6.07, 6.45) is 3.44. The van der Waals surface area contributed by atoms with Gasteiger partial charge in [-0.15, -0.1) is 10.2 Å². The van der Waals surface area contributed by atoms with Gasteiger partial charge < -0.3 is 10.2 Å². The normalized spacial score (nSPS) is 10.7. The van der Waals surface area contributed by atoms with E-state index in [4.69, 9.17) is 0 Å². The molecule has 1 amide bonds. The average molecular weight is 509 g/mol. The molecule has 0 bridgehead atoms. The standard InChI is InChI=1S/C23H21BrN6OS/c1-29(2)19-9-5-18(6-10-19)26-21(31)15-32-23-28-27-22(16-11-13-25-14-12-16)30(23)20-7-3-17(24)4-8-20/h3-14H,15H2,1-2H3,(H,26,31). The summed E-state index contributed by atoms with van der Waals surface area (Å²) in [6.45, 7) is 0. The van der Waals surface area contributed by atoms with Crippen molar-refractivity contribution in [1.29, 1.82) is 0 Å². The highest BCUT2D eigenvalue weighted by Crippen LogP contribution is 2.28. The van der Waals surface area contributed by atoms with Crippen LogP contribution < -0.4 is 10.2 Å². The molecule has 0 unspecified atom stereocenters. The van der Waals surface area contributed by atoms with Gasteiger partial charge in [-0.05, 0) is 60.7 Å². The highest BCUT2D eigenvalue weighted by molar-refractivity contribution is 9.10. The first-order valence-electron chi connectivity index (χ1n) is 9.83. The van der Waals surface area contributed by atoms with E-state index in [0.29, 0.717) is 11.0 Å². The van der Waals surface area contributed by atoms with Gasteiger partial charge in [-0.1, -0.05) is 27.7 Å². The van der Waals surface area contributed by atoms with Crippen molar-refractivity contribution in [2.75, 3.05) is 30.1 Å². The quantitative estimate of drug-likeness (QED) is 0.358. The number of thioether (sulfide) groups is 1. The molecule has 9 heteroatoms. The third-order valence-corrected chi connectivity index (χ3v) is 6.11. The van der Waals surface area contributed by atoms with Gasteiger partial charge in [0.15, 0.2) is 11.0 Å². The summed E-state index contributed by atoms with van der Waals surface area (Å²) in [5, 5.41) is 12.3. The van der Waals surface area contributed by atoms with Gasteiger partial charge in [-0.3, -0.25) is 14.3 Å². The topological polar surface area (TPSA) is 75.9 Å². The van der Waals surface area contributed by atoms with Crippen LogP contribution in [0.3, 0.4) is 0 Å². The predicted molar refractivity (Wildman–Crippen MR) is 132 cm³/mol. The number of carbonyl (C=O) groups is 1. The monoisotopic (exact) mass is 508 g/mol. The van der Waals surface area contributed by atoms with Crippen LogP contribution in [0.15, 0.2) is 82.7 Å². The van der Waals surface area contributed by atoms with Crippen LogP contribution >= 0.6 is 27.7 Å². The highest BCUT2D eigenvalue weighted by atomic mass is 79.9. The molecule has 1 N–H and O–H groups in total. The molecular weight excluding hydrogens is 488 g/mol. The maximum absolute atomic E-state index is 12.6. The number of carbonyl (C=O) groups excluding carboxylic acids is 1. The predicted octanol–water partition coefficient (Wildman–Crippen LogP) is 4.89. The number of amides is 1. The molecule has 0 fully saturated rings. The number of nitrogens with one attached hydrogen (secondary N) is 1. The van der Waals surface area contributed by atoms with Crippen LogP contribution in [0, 0.1) is 0 Å². The van der Waals surface area contributed by atoms with Crippen molar-refractivity contribution in [3.8, 4) is 17.1 Å². The number of nitrogens with zero attached hydrogens (tertiary/aromatic N) is 5. The molecule has 32 heavy (non-hydrogen) atoms. The fraction of sp³-hybridized carbons (Fsp3) is 0.130. The molecule has 2 heterocycles. The van der Waals surface area contributed by atoms with E-state index in [1.165, 1.54) is 11.8 Å². The Morgan fingerprint density at radius 2 is 1.69 bits per heavy atom. The van der Waals surface area contributed by atoms with E-state index in [1.807, 2.05) is 84.2 Å². The van der Waals surface area contributed by atoms with Crippen LogP contribution in [-0.2, 0) is 4.79 Å². The van der Waals surface area contributed by atoms with Crippen molar-refractivity contribution < 1.29 is 4.79 Å². The Morgan fingerprint density at radius 1 is 1.00 bits per heavy atom. The lowest BCUT2D eigenvalue weighted by Crippen LogP contribution is -2.15. The van der Waals surface area contributed by atoms with E-state index in [0.717, 1.165) is 27.1 Å². The number of benzene rings is 2. The van der Waals surface area contributed by atoms with E-state index >= 15 is 0 Å². The van der Waals surface area contributed by atoms with E-state index in [1.54, 1.807) is 12.4 Å². The smallest absolute Gasteiger partial charge is 0.234 e. The molecule has 0 saturated heterocycles. The molecule has 2 aromatic heterocycles. The van der Waals surface area contributed by atoms with Gasteiger partial charge in [-0.25, -0.2) is 0 Å². The Hall–Kier alpha value is -3.17. The van der Waals surface area contributed by atoms with E-state index in [-0.39, 0.29) is 11.7 Å². The van der Waals surface area contributed by atoms with E-state index < -0.39 is 0 Å². The van der Waals surface area contributed by atoms with Crippen LogP contribution in [0.1, 0.15) is 0 Å². The molecule has 0 aliphatic heterocycles. The third kappa shape index (κ3) is 5.17. The molecule has 0 spiro atoms. The number of pyridine rings is 1. The van der Waals surface area contributed by atoms with Crippen LogP contribution in [0.5, 0.6) is 0 Å². The number of halogens is 1. The maximum Gasteiger partial charge on any atom is 0.234 e. The Bertz CT molecular complexity index is 1190. The highest BCUT2D eigenvalue weighted by Gasteiger charge is 2.17. The molecule has 0 saturated carbocycles. The molecule has 0 radical (unpaired) electrons. The summed E-state index contributed by atoms with van der Waals surface area (Å²) in [7, 11) is 3.96. The maximum atomic E-state index is 12.6. The van der Waals surface area contributed by atoms with Crippen molar-refractivity contribution in [2.24, 2.45) is 0 Å². The van der Waals surface area contributed by atoms with Gasteiger partial charge in [0.2, 0.25) is 5.91 Å². The van der Waals surface area contributed by atoms with Crippen LogP contribution in [0.4, 0.5) is 11.4 Å². The van der Waals surface area contributed by atoms with Crippen molar-refractivity contribution in [3.63, 3.8) is 0 Å². The molecule has 2 aromatic carbocycles. The minimum absolute atomic E-state index is 0.108. The zero-order chi connectivity index (χ0) is 22.5. The number of aromatic nitrogens is 4. The second-order valence-corrected chi connectivity index (χ2v) is 8.99. The fourth-order valence-corrected chi connectivity index (χ4v) is 4.06. The SMILES string of the molecule is CN(C)c1ccc(NC(=O)CSc2nnc(-c3ccncc3)n2-c2ccc(Br)cc2)cc1. The minimum Gasteiger partial charge on any atom is -0.378 e.